The lowest BCUT2D eigenvalue weighted by atomic mass is 10.1. The van der Waals surface area contributed by atoms with Gasteiger partial charge in [-0.25, -0.2) is 0 Å². The topological polar surface area (TPSA) is 62.3 Å². The largest absolute Gasteiger partial charge is 0.287 e. The summed E-state index contributed by atoms with van der Waals surface area (Å²) in [6.07, 6.45) is 0. The molecular weight excluding hydrogens is 356 g/mol. The fourth-order valence-electron chi connectivity index (χ4n) is 2.75. The number of aromatic nitrogens is 1. The number of nitrogens with zero attached hydrogens (tertiary/aromatic N) is 2. The highest BCUT2D eigenvalue weighted by molar-refractivity contribution is 7.23. The van der Waals surface area contributed by atoms with E-state index in [0.29, 0.717) is 26.4 Å². The molecule has 0 saturated heterocycles. The van der Waals surface area contributed by atoms with E-state index < -0.39 is 0 Å². The zero-order valence-corrected chi connectivity index (χ0v) is 14.3. The third-order valence-corrected chi connectivity index (χ3v) is 5.37. The fourth-order valence-corrected chi connectivity index (χ4v) is 3.98. The molecule has 0 aliphatic carbocycles. The van der Waals surface area contributed by atoms with Gasteiger partial charge in [0.1, 0.15) is 10.9 Å². The van der Waals surface area contributed by atoms with E-state index in [-0.39, 0.29) is 17.0 Å². The maximum atomic E-state index is 12.9. The number of carbonyl (C=O) groups excluding carboxylic acids is 1. The second-order valence-electron chi connectivity index (χ2n) is 5.44. The summed E-state index contributed by atoms with van der Waals surface area (Å²) in [5, 5.41) is 10.5. The zero-order chi connectivity index (χ0) is 17.6. The van der Waals surface area contributed by atoms with E-state index in [1.165, 1.54) is 21.8 Å². The van der Waals surface area contributed by atoms with Crippen molar-refractivity contribution in [1.29, 1.82) is 5.26 Å². The first-order valence-electron chi connectivity index (χ1n) is 7.38. The van der Waals surface area contributed by atoms with Crippen LogP contribution in [0.15, 0.2) is 59.4 Å². The first kappa shape index (κ1) is 15.6. The molecule has 6 heteroatoms. The summed E-state index contributed by atoms with van der Waals surface area (Å²) in [5.74, 6) is -0.326. The molecule has 0 bridgehead atoms. The average molecular weight is 365 g/mol. The smallest absolute Gasteiger partial charge is 0.265 e. The number of hydrogen-bond acceptors (Lipinski definition) is 4. The Bertz CT molecular complexity index is 1250. The van der Waals surface area contributed by atoms with Crippen LogP contribution in [0.4, 0.5) is 0 Å². The van der Waals surface area contributed by atoms with E-state index in [2.05, 4.69) is 6.07 Å². The lowest BCUT2D eigenvalue weighted by molar-refractivity contribution is 0.103. The normalized spacial score (nSPS) is 10.9. The maximum Gasteiger partial charge on any atom is 0.265 e. The summed E-state index contributed by atoms with van der Waals surface area (Å²) in [5.41, 5.74) is 0.597. The first-order valence-corrected chi connectivity index (χ1v) is 8.57. The Hall–Kier alpha value is -2.94. The van der Waals surface area contributed by atoms with E-state index >= 15 is 0 Å². The van der Waals surface area contributed by atoms with Gasteiger partial charge in [-0.1, -0.05) is 23.7 Å². The summed E-state index contributed by atoms with van der Waals surface area (Å²) in [6.45, 7) is 0. The van der Waals surface area contributed by atoms with Crippen molar-refractivity contribution in [1.82, 2.24) is 4.40 Å². The molecule has 25 heavy (non-hydrogen) atoms. The van der Waals surface area contributed by atoms with Crippen LogP contribution >= 0.6 is 22.9 Å². The highest BCUT2D eigenvalue weighted by Gasteiger charge is 2.20. The minimum absolute atomic E-state index is 0.181. The molecule has 0 spiro atoms. The lowest BCUT2D eigenvalue weighted by Crippen LogP contribution is -2.17. The molecule has 0 amide bonds. The van der Waals surface area contributed by atoms with Crippen molar-refractivity contribution in [2.24, 2.45) is 0 Å². The number of fused-ring (bicyclic) bond motifs is 2. The molecule has 2 aromatic heterocycles. The minimum Gasteiger partial charge on any atom is -0.287 e. The molecule has 0 radical (unpaired) electrons. The summed E-state index contributed by atoms with van der Waals surface area (Å²) >= 11 is 7.19. The predicted octanol–water partition coefficient (Wildman–Crippen LogP) is 4.27. The van der Waals surface area contributed by atoms with Crippen LogP contribution in [0.3, 0.4) is 0 Å². The van der Waals surface area contributed by atoms with Gasteiger partial charge in [0, 0.05) is 15.3 Å². The van der Waals surface area contributed by atoms with E-state index in [0.717, 1.165) is 4.70 Å². The molecule has 2 aromatic carbocycles. The molecular formula is C19H9ClN2O2S. The Balaban J connectivity index is 2.06. The van der Waals surface area contributed by atoms with Crippen LogP contribution in [0.5, 0.6) is 0 Å². The summed E-state index contributed by atoms with van der Waals surface area (Å²) in [4.78, 5) is 26.3. The van der Waals surface area contributed by atoms with Gasteiger partial charge >= 0.3 is 0 Å². The zero-order valence-electron chi connectivity index (χ0n) is 12.7. The number of nitriles is 1. The number of benzene rings is 2. The summed E-state index contributed by atoms with van der Waals surface area (Å²) in [7, 11) is 0. The van der Waals surface area contributed by atoms with Crippen LogP contribution < -0.4 is 5.56 Å². The van der Waals surface area contributed by atoms with Crippen molar-refractivity contribution in [3.05, 3.63) is 86.8 Å². The standard InChI is InChI=1S/C19H9ClN2O2S/c20-13-7-5-11(6-8-13)17(23)15-9-12(10-21)19-22(15)18(24)14-3-1-2-4-16(14)25-19/h1-9H. The van der Waals surface area contributed by atoms with Gasteiger partial charge in [0.15, 0.2) is 0 Å². The third kappa shape index (κ3) is 2.43. The molecule has 2 heterocycles. The lowest BCUT2D eigenvalue weighted by Gasteiger charge is -2.04. The highest BCUT2D eigenvalue weighted by atomic mass is 35.5. The highest BCUT2D eigenvalue weighted by Crippen LogP contribution is 2.26. The van der Waals surface area contributed by atoms with Gasteiger partial charge in [-0.2, -0.15) is 5.26 Å². The number of carbonyl (C=O) groups is 1. The van der Waals surface area contributed by atoms with Crippen molar-refractivity contribution in [2.75, 3.05) is 0 Å². The van der Waals surface area contributed by atoms with Gasteiger partial charge < -0.3 is 0 Å². The Kier molecular flexibility index (Phi) is 3.65. The van der Waals surface area contributed by atoms with E-state index in [1.807, 2.05) is 12.1 Å². The molecule has 4 aromatic rings. The van der Waals surface area contributed by atoms with Gasteiger partial charge in [0.25, 0.3) is 5.56 Å². The summed E-state index contributed by atoms with van der Waals surface area (Å²) < 4.78 is 2.11. The second kappa shape index (κ2) is 5.85. The van der Waals surface area contributed by atoms with Gasteiger partial charge in [-0.15, -0.1) is 11.3 Å². The predicted molar refractivity (Wildman–Crippen MR) is 98.6 cm³/mol. The number of hydrogen-bond donors (Lipinski definition) is 0. The van der Waals surface area contributed by atoms with Crippen molar-refractivity contribution < 1.29 is 4.79 Å². The Morgan fingerprint density at radius 3 is 2.56 bits per heavy atom. The van der Waals surface area contributed by atoms with Crippen LogP contribution in [0.25, 0.3) is 14.9 Å². The SMILES string of the molecule is N#Cc1cc(C(=O)c2ccc(Cl)cc2)n2c(=O)c3ccccc3sc12. The number of halogens is 1. The minimum atomic E-state index is -0.326. The number of rotatable bonds is 2. The van der Waals surface area contributed by atoms with Crippen LogP contribution in [-0.2, 0) is 0 Å². The van der Waals surface area contributed by atoms with Crippen LogP contribution in [0.1, 0.15) is 21.6 Å². The molecule has 4 rings (SSSR count). The molecule has 0 N–H and O–H groups in total. The van der Waals surface area contributed by atoms with Crippen molar-refractivity contribution >= 4 is 43.6 Å². The molecule has 0 fully saturated rings. The first-order chi connectivity index (χ1) is 12.1. The molecule has 0 atom stereocenters. The van der Waals surface area contributed by atoms with Crippen molar-refractivity contribution in [2.45, 2.75) is 0 Å². The van der Waals surface area contributed by atoms with Gasteiger partial charge in [0.05, 0.1) is 16.6 Å². The van der Waals surface area contributed by atoms with E-state index in [1.54, 1.807) is 36.4 Å². The van der Waals surface area contributed by atoms with Gasteiger partial charge in [-0.3, -0.25) is 14.0 Å². The van der Waals surface area contributed by atoms with E-state index in [4.69, 9.17) is 11.6 Å². The molecule has 4 nitrogen and oxygen atoms in total. The van der Waals surface area contributed by atoms with Gasteiger partial charge in [0.2, 0.25) is 5.78 Å². The molecule has 0 saturated carbocycles. The molecule has 0 aliphatic heterocycles. The van der Waals surface area contributed by atoms with Crippen LogP contribution in [-0.4, -0.2) is 10.2 Å². The van der Waals surface area contributed by atoms with Crippen molar-refractivity contribution in [3.8, 4) is 6.07 Å². The Morgan fingerprint density at radius 1 is 1.12 bits per heavy atom. The molecule has 0 unspecified atom stereocenters. The average Bonchev–Trinajstić information content (AvgIpc) is 3.01. The maximum absolute atomic E-state index is 12.9. The molecule has 120 valence electrons. The number of ketones is 1. The Morgan fingerprint density at radius 2 is 1.84 bits per heavy atom. The second-order valence-corrected chi connectivity index (χ2v) is 6.90. The molecule has 0 aliphatic rings. The summed E-state index contributed by atoms with van der Waals surface area (Å²) in [6, 6.07) is 17.1. The fraction of sp³-hybridized carbons (Fsp3) is 0. The van der Waals surface area contributed by atoms with Crippen LogP contribution in [0.2, 0.25) is 5.02 Å². The Labute approximate surface area is 151 Å². The van der Waals surface area contributed by atoms with Gasteiger partial charge in [-0.05, 0) is 42.5 Å². The van der Waals surface area contributed by atoms with Crippen LogP contribution in [0, 0.1) is 11.3 Å². The van der Waals surface area contributed by atoms with Crippen molar-refractivity contribution in [3.63, 3.8) is 0 Å². The third-order valence-electron chi connectivity index (χ3n) is 3.94. The quantitative estimate of drug-likeness (QED) is 0.499. The monoisotopic (exact) mass is 364 g/mol. The van der Waals surface area contributed by atoms with E-state index in [9.17, 15) is 14.9 Å².